The fourth-order valence-electron chi connectivity index (χ4n) is 3.38. The molecule has 0 spiro atoms. The highest BCUT2D eigenvalue weighted by Crippen LogP contribution is 2.26. The van der Waals surface area contributed by atoms with Crippen LogP contribution < -0.4 is 5.32 Å². The molecular formula is C24H23N5O. The number of carbonyl (C=O) groups excluding carboxylic acids is 1. The molecule has 1 atom stereocenters. The molecule has 0 bridgehead atoms. The molecule has 0 aliphatic rings. The molecule has 30 heavy (non-hydrogen) atoms. The third-order valence-corrected chi connectivity index (χ3v) is 5.05. The standard InChI is InChI=1S/C24H23N5O/c1-3-18-8-7-11-21(16-18)29-23(20-12-14-25-15-13-20)22(27-28-29)24(30)26-17(2)19-9-5-4-6-10-19/h4-17H,3H2,1-2H3,(H,26,30)/t17-/m1/s1. The Kier molecular flexibility index (Phi) is 5.66. The minimum Gasteiger partial charge on any atom is -0.344 e. The number of carbonyl (C=O) groups is 1. The van der Waals surface area contributed by atoms with Crippen LogP contribution in [0.4, 0.5) is 0 Å². The molecule has 0 saturated carbocycles. The van der Waals surface area contributed by atoms with E-state index in [4.69, 9.17) is 0 Å². The molecule has 1 amide bonds. The van der Waals surface area contributed by atoms with Gasteiger partial charge in [0.25, 0.3) is 5.91 Å². The topological polar surface area (TPSA) is 72.7 Å². The molecule has 0 unspecified atom stereocenters. The van der Waals surface area contributed by atoms with Gasteiger partial charge in [-0.1, -0.05) is 54.6 Å². The molecule has 1 N–H and O–H groups in total. The third-order valence-electron chi connectivity index (χ3n) is 5.05. The average molecular weight is 397 g/mol. The first-order valence-electron chi connectivity index (χ1n) is 9.98. The second-order valence-electron chi connectivity index (χ2n) is 7.06. The highest BCUT2D eigenvalue weighted by atomic mass is 16.2. The van der Waals surface area contributed by atoms with Crippen LogP contribution in [-0.4, -0.2) is 25.9 Å². The summed E-state index contributed by atoms with van der Waals surface area (Å²) in [6.07, 6.45) is 4.31. The van der Waals surface area contributed by atoms with Crippen LogP contribution in [0.15, 0.2) is 79.1 Å². The maximum absolute atomic E-state index is 13.1. The largest absolute Gasteiger partial charge is 0.344 e. The minimum absolute atomic E-state index is 0.155. The van der Waals surface area contributed by atoms with E-state index in [1.807, 2.05) is 61.5 Å². The van der Waals surface area contributed by atoms with Gasteiger partial charge >= 0.3 is 0 Å². The van der Waals surface area contributed by atoms with Crippen molar-refractivity contribution in [3.8, 4) is 16.9 Å². The van der Waals surface area contributed by atoms with Gasteiger partial charge in [-0.2, -0.15) is 0 Å². The molecule has 4 rings (SSSR count). The fraction of sp³-hybridized carbons (Fsp3) is 0.167. The van der Waals surface area contributed by atoms with Gasteiger partial charge in [-0.15, -0.1) is 5.10 Å². The molecule has 0 aliphatic heterocycles. The zero-order valence-electron chi connectivity index (χ0n) is 17.0. The normalized spacial score (nSPS) is 11.8. The first kappa shape index (κ1) is 19.5. The number of rotatable bonds is 6. The third kappa shape index (κ3) is 3.98. The lowest BCUT2D eigenvalue weighted by molar-refractivity contribution is 0.0935. The lowest BCUT2D eigenvalue weighted by Crippen LogP contribution is -2.27. The van der Waals surface area contributed by atoms with Gasteiger partial charge in [-0.3, -0.25) is 9.78 Å². The van der Waals surface area contributed by atoms with E-state index in [-0.39, 0.29) is 17.6 Å². The Morgan fingerprint density at radius 1 is 1.03 bits per heavy atom. The Balaban J connectivity index is 1.75. The SMILES string of the molecule is CCc1cccc(-n2nnc(C(=O)N[C@H](C)c3ccccc3)c2-c2ccncc2)c1. The molecule has 6 heteroatoms. The Morgan fingerprint density at radius 2 is 1.80 bits per heavy atom. The number of aromatic nitrogens is 4. The van der Waals surface area contributed by atoms with Crippen LogP contribution in [-0.2, 0) is 6.42 Å². The summed E-state index contributed by atoms with van der Waals surface area (Å²) in [4.78, 5) is 17.2. The number of aryl methyl sites for hydroxylation is 1. The number of pyridine rings is 1. The van der Waals surface area contributed by atoms with E-state index in [9.17, 15) is 4.79 Å². The van der Waals surface area contributed by atoms with Crippen LogP contribution >= 0.6 is 0 Å². The zero-order chi connectivity index (χ0) is 20.9. The zero-order valence-corrected chi connectivity index (χ0v) is 17.0. The maximum Gasteiger partial charge on any atom is 0.274 e. The molecule has 0 aliphatic carbocycles. The molecule has 6 nitrogen and oxygen atoms in total. The second-order valence-corrected chi connectivity index (χ2v) is 7.06. The van der Waals surface area contributed by atoms with Crippen molar-refractivity contribution in [3.63, 3.8) is 0 Å². The minimum atomic E-state index is -0.268. The number of nitrogens with zero attached hydrogens (tertiary/aromatic N) is 4. The number of nitrogens with one attached hydrogen (secondary N) is 1. The maximum atomic E-state index is 13.1. The molecule has 2 aromatic heterocycles. The predicted molar refractivity (Wildman–Crippen MR) is 116 cm³/mol. The van der Waals surface area contributed by atoms with Gasteiger partial charge in [0.1, 0.15) is 5.69 Å². The highest BCUT2D eigenvalue weighted by molar-refractivity contribution is 5.98. The Morgan fingerprint density at radius 3 is 2.53 bits per heavy atom. The molecule has 150 valence electrons. The first-order chi connectivity index (χ1) is 14.7. The first-order valence-corrected chi connectivity index (χ1v) is 9.98. The molecular weight excluding hydrogens is 374 g/mol. The van der Waals surface area contributed by atoms with Gasteiger partial charge in [0, 0.05) is 18.0 Å². The van der Waals surface area contributed by atoms with E-state index in [0.717, 1.165) is 23.2 Å². The van der Waals surface area contributed by atoms with Crippen LogP contribution in [0.25, 0.3) is 16.9 Å². The van der Waals surface area contributed by atoms with Crippen LogP contribution in [0.2, 0.25) is 0 Å². The second kappa shape index (κ2) is 8.69. The van der Waals surface area contributed by atoms with Gasteiger partial charge < -0.3 is 5.32 Å². The fourth-order valence-corrected chi connectivity index (χ4v) is 3.38. The molecule has 2 aromatic carbocycles. The van der Waals surface area contributed by atoms with E-state index in [0.29, 0.717) is 5.69 Å². The molecule has 0 radical (unpaired) electrons. The van der Waals surface area contributed by atoms with Crippen LogP contribution in [0, 0.1) is 0 Å². The van der Waals surface area contributed by atoms with Gasteiger partial charge in [-0.05, 0) is 48.7 Å². The quantitative estimate of drug-likeness (QED) is 0.524. The number of hydrogen-bond acceptors (Lipinski definition) is 4. The number of benzene rings is 2. The summed E-state index contributed by atoms with van der Waals surface area (Å²) in [5.41, 5.74) is 4.83. The average Bonchev–Trinajstić information content (AvgIpc) is 3.25. The van der Waals surface area contributed by atoms with Gasteiger partial charge in [0.05, 0.1) is 11.7 Å². The van der Waals surface area contributed by atoms with Crippen molar-refractivity contribution in [1.82, 2.24) is 25.3 Å². The van der Waals surface area contributed by atoms with Crippen molar-refractivity contribution < 1.29 is 4.79 Å². The van der Waals surface area contributed by atoms with Crippen LogP contribution in [0.1, 0.15) is 41.5 Å². The number of hydrogen-bond donors (Lipinski definition) is 1. The van der Waals surface area contributed by atoms with Crippen molar-refractivity contribution in [3.05, 3.63) is 95.9 Å². The lowest BCUT2D eigenvalue weighted by Gasteiger charge is -2.14. The van der Waals surface area contributed by atoms with Gasteiger partial charge in [0.15, 0.2) is 5.69 Å². The van der Waals surface area contributed by atoms with Crippen LogP contribution in [0.3, 0.4) is 0 Å². The Labute approximate surface area is 175 Å². The van der Waals surface area contributed by atoms with E-state index < -0.39 is 0 Å². The van der Waals surface area contributed by atoms with Crippen LogP contribution in [0.5, 0.6) is 0 Å². The van der Waals surface area contributed by atoms with Gasteiger partial charge in [0.2, 0.25) is 0 Å². The van der Waals surface area contributed by atoms with Crippen molar-refractivity contribution in [2.24, 2.45) is 0 Å². The lowest BCUT2D eigenvalue weighted by atomic mass is 10.1. The molecule has 2 heterocycles. The molecule has 4 aromatic rings. The smallest absolute Gasteiger partial charge is 0.274 e. The predicted octanol–water partition coefficient (Wildman–Crippen LogP) is 4.38. The van der Waals surface area contributed by atoms with Crippen molar-refractivity contribution >= 4 is 5.91 Å². The number of amides is 1. The monoisotopic (exact) mass is 397 g/mol. The summed E-state index contributed by atoms with van der Waals surface area (Å²) in [7, 11) is 0. The van der Waals surface area contributed by atoms with E-state index in [1.165, 1.54) is 5.56 Å². The Bertz CT molecular complexity index is 1140. The van der Waals surface area contributed by atoms with Gasteiger partial charge in [-0.25, -0.2) is 4.68 Å². The van der Waals surface area contributed by atoms with Crippen molar-refractivity contribution in [2.75, 3.05) is 0 Å². The Hall–Kier alpha value is -3.80. The van der Waals surface area contributed by atoms with E-state index in [1.54, 1.807) is 17.1 Å². The summed E-state index contributed by atoms with van der Waals surface area (Å²) in [6, 6.07) is 21.5. The summed E-state index contributed by atoms with van der Waals surface area (Å²) in [5.74, 6) is -0.268. The molecule has 0 fully saturated rings. The summed E-state index contributed by atoms with van der Waals surface area (Å²) in [6.45, 7) is 4.06. The summed E-state index contributed by atoms with van der Waals surface area (Å²) < 4.78 is 1.72. The van der Waals surface area contributed by atoms with Crippen molar-refractivity contribution in [2.45, 2.75) is 26.3 Å². The van der Waals surface area contributed by atoms with Crippen molar-refractivity contribution in [1.29, 1.82) is 0 Å². The summed E-state index contributed by atoms with van der Waals surface area (Å²) in [5, 5.41) is 11.6. The van der Waals surface area contributed by atoms with E-state index in [2.05, 4.69) is 39.7 Å². The summed E-state index contributed by atoms with van der Waals surface area (Å²) >= 11 is 0. The van der Waals surface area contributed by atoms with E-state index >= 15 is 0 Å². The highest BCUT2D eigenvalue weighted by Gasteiger charge is 2.23. The molecule has 0 saturated heterocycles.